The molecule has 2 rings (SSSR count). The van der Waals surface area contributed by atoms with E-state index in [4.69, 9.17) is 16.0 Å². The molecular weight excluding hydrogens is 288 g/mol. The molecule has 1 aromatic rings. The highest BCUT2D eigenvalue weighted by molar-refractivity contribution is 7.87. The number of hydrogen-bond donors (Lipinski definition) is 3. The third kappa shape index (κ3) is 2.40. The van der Waals surface area contributed by atoms with E-state index in [-0.39, 0.29) is 18.4 Å². The van der Waals surface area contributed by atoms with Gasteiger partial charge in [-0.2, -0.15) is 8.42 Å². The molecule has 0 saturated carbocycles. The average molecular weight is 302 g/mol. The molecule has 0 radical (unpaired) electrons. The lowest BCUT2D eigenvalue weighted by Crippen LogP contribution is -2.50. The smallest absolute Gasteiger partial charge is 0.353 e. The van der Waals surface area contributed by atoms with Gasteiger partial charge >= 0.3 is 16.2 Å². The molecule has 1 aliphatic rings. The van der Waals surface area contributed by atoms with Crippen molar-refractivity contribution in [2.75, 3.05) is 19.6 Å². The number of carbonyl (C=O) groups is 2. The zero-order valence-electron chi connectivity index (χ0n) is 10.4. The monoisotopic (exact) mass is 302 g/mol. The van der Waals surface area contributed by atoms with Crippen LogP contribution in [-0.4, -0.2) is 53.9 Å². The average Bonchev–Trinajstić information content (AvgIpc) is 2.70. The Labute approximate surface area is 114 Å². The molecule has 0 unspecified atom stereocenters. The highest BCUT2D eigenvalue weighted by Crippen LogP contribution is 2.30. The van der Waals surface area contributed by atoms with E-state index in [9.17, 15) is 18.0 Å². The predicted octanol–water partition coefficient (Wildman–Crippen LogP) is -1.88. The highest BCUT2D eigenvalue weighted by atomic mass is 32.2. The van der Waals surface area contributed by atoms with E-state index in [0.29, 0.717) is 22.6 Å². The molecule has 1 aliphatic heterocycles. The number of carbonyl (C=O) groups excluding carboxylic acids is 1. The van der Waals surface area contributed by atoms with Gasteiger partial charge in [-0.25, -0.2) is 13.9 Å². The number of amides is 1. The molecule has 10 heteroatoms. The Morgan fingerprint density at radius 3 is 2.45 bits per heavy atom. The molecule has 0 spiro atoms. The van der Waals surface area contributed by atoms with Crippen LogP contribution in [0.15, 0.2) is 12.3 Å². The molecule has 2 heterocycles. The Balaban J connectivity index is 2.30. The van der Waals surface area contributed by atoms with Crippen molar-refractivity contribution in [1.29, 1.82) is 0 Å². The predicted molar refractivity (Wildman–Crippen MR) is 68.3 cm³/mol. The standard InChI is InChI=1S/C10H14N4O5S/c11-3-8(15)13-4-6(5-13)7-1-2-14(20(12,18)19)9(7)10(16)17/h1-2,6H,3-5,11H2,(H,16,17)(H2,12,18,19). The van der Waals surface area contributed by atoms with Gasteiger partial charge in [-0.1, -0.05) is 0 Å². The minimum absolute atomic E-state index is 0.114. The summed E-state index contributed by atoms with van der Waals surface area (Å²) in [5.74, 6) is -1.86. The first-order valence-electron chi connectivity index (χ1n) is 5.71. The lowest BCUT2D eigenvalue weighted by atomic mass is 9.91. The number of aromatic nitrogens is 1. The maximum atomic E-state index is 11.3. The van der Waals surface area contributed by atoms with E-state index in [0.717, 1.165) is 6.20 Å². The van der Waals surface area contributed by atoms with E-state index in [1.54, 1.807) is 0 Å². The first kappa shape index (κ1) is 14.5. The number of carboxylic acid groups (broad SMARTS) is 1. The van der Waals surface area contributed by atoms with Crippen LogP contribution < -0.4 is 10.9 Å². The summed E-state index contributed by atoms with van der Waals surface area (Å²) < 4.78 is 23.2. The van der Waals surface area contributed by atoms with Crippen molar-refractivity contribution in [3.63, 3.8) is 0 Å². The highest BCUT2D eigenvalue weighted by Gasteiger charge is 2.35. The van der Waals surface area contributed by atoms with Gasteiger partial charge in [0, 0.05) is 25.2 Å². The third-order valence-electron chi connectivity index (χ3n) is 3.21. The van der Waals surface area contributed by atoms with Gasteiger partial charge in [0.2, 0.25) is 5.91 Å². The molecule has 110 valence electrons. The number of aromatic carboxylic acids is 1. The Hall–Kier alpha value is -1.91. The van der Waals surface area contributed by atoms with Gasteiger partial charge in [-0.05, 0) is 11.6 Å². The zero-order chi connectivity index (χ0) is 15.1. The molecule has 0 aromatic carbocycles. The fraction of sp³-hybridized carbons (Fsp3) is 0.400. The number of carboxylic acids is 1. The van der Waals surface area contributed by atoms with E-state index in [1.807, 2.05) is 0 Å². The third-order valence-corrected chi connectivity index (χ3v) is 4.06. The Morgan fingerprint density at radius 1 is 1.40 bits per heavy atom. The number of nitrogens with two attached hydrogens (primary N) is 2. The fourth-order valence-electron chi connectivity index (χ4n) is 2.20. The van der Waals surface area contributed by atoms with Gasteiger partial charge in [0.05, 0.1) is 6.54 Å². The van der Waals surface area contributed by atoms with Crippen LogP contribution in [-0.2, 0) is 15.0 Å². The maximum absolute atomic E-state index is 11.3. The summed E-state index contributed by atoms with van der Waals surface area (Å²) in [5.41, 5.74) is 5.17. The van der Waals surface area contributed by atoms with Gasteiger partial charge in [-0.15, -0.1) is 0 Å². The lowest BCUT2D eigenvalue weighted by Gasteiger charge is -2.39. The minimum Gasteiger partial charge on any atom is -0.477 e. The van der Waals surface area contributed by atoms with E-state index < -0.39 is 21.9 Å². The SMILES string of the molecule is NCC(=O)N1CC(c2ccn(S(N)(=O)=O)c2C(=O)O)C1. The van der Waals surface area contributed by atoms with Gasteiger partial charge in [0.25, 0.3) is 0 Å². The number of nitrogens with zero attached hydrogens (tertiary/aromatic N) is 2. The first-order valence-corrected chi connectivity index (χ1v) is 7.21. The summed E-state index contributed by atoms with van der Waals surface area (Å²) in [6.07, 6.45) is 1.10. The number of likely N-dealkylation sites (tertiary alicyclic amines) is 1. The van der Waals surface area contributed by atoms with Gasteiger partial charge < -0.3 is 15.7 Å². The Kier molecular flexibility index (Phi) is 3.54. The van der Waals surface area contributed by atoms with E-state index in [1.165, 1.54) is 11.0 Å². The van der Waals surface area contributed by atoms with Crippen molar-refractivity contribution < 1.29 is 23.1 Å². The quantitative estimate of drug-likeness (QED) is 0.592. The summed E-state index contributed by atoms with van der Waals surface area (Å²) in [6.45, 7) is 0.507. The van der Waals surface area contributed by atoms with Gasteiger partial charge in [-0.3, -0.25) is 4.79 Å². The summed E-state index contributed by atoms with van der Waals surface area (Å²) in [4.78, 5) is 24.0. The van der Waals surface area contributed by atoms with Crippen molar-refractivity contribution in [2.45, 2.75) is 5.92 Å². The molecule has 0 aliphatic carbocycles. The fourth-order valence-corrected chi connectivity index (χ4v) is 2.86. The molecule has 5 N–H and O–H groups in total. The van der Waals surface area contributed by atoms with Crippen LogP contribution in [0.1, 0.15) is 22.0 Å². The van der Waals surface area contributed by atoms with Crippen LogP contribution >= 0.6 is 0 Å². The van der Waals surface area contributed by atoms with Gasteiger partial charge in [0.15, 0.2) is 0 Å². The topological polar surface area (TPSA) is 149 Å². The van der Waals surface area contributed by atoms with Crippen molar-refractivity contribution in [1.82, 2.24) is 8.87 Å². The normalized spacial score (nSPS) is 16.0. The molecular formula is C10H14N4O5S. The van der Waals surface area contributed by atoms with E-state index >= 15 is 0 Å². The van der Waals surface area contributed by atoms with Crippen molar-refractivity contribution in [3.05, 3.63) is 23.5 Å². The van der Waals surface area contributed by atoms with Crippen molar-refractivity contribution >= 4 is 22.1 Å². The first-order chi connectivity index (χ1) is 9.25. The second-order valence-corrected chi connectivity index (χ2v) is 5.89. The molecule has 1 saturated heterocycles. The molecule has 9 nitrogen and oxygen atoms in total. The number of hydrogen-bond acceptors (Lipinski definition) is 5. The molecule has 0 bridgehead atoms. The van der Waals surface area contributed by atoms with Crippen molar-refractivity contribution in [3.8, 4) is 0 Å². The van der Waals surface area contributed by atoms with Crippen LogP contribution in [0.25, 0.3) is 0 Å². The Bertz CT molecular complexity index is 659. The second-order valence-electron chi connectivity index (χ2n) is 4.47. The van der Waals surface area contributed by atoms with Crippen LogP contribution in [0.5, 0.6) is 0 Å². The summed E-state index contributed by atoms with van der Waals surface area (Å²) in [7, 11) is -4.17. The molecule has 1 amide bonds. The van der Waals surface area contributed by atoms with Crippen LogP contribution in [0.2, 0.25) is 0 Å². The van der Waals surface area contributed by atoms with Gasteiger partial charge in [0.1, 0.15) is 5.69 Å². The zero-order valence-corrected chi connectivity index (χ0v) is 11.2. The van der Waals surface area contributed by atoms with Crippen LogP contribution in [0.3, 0.4) is 0 Å². The molecule has 1 fully saturated rings. The molecule has 1 aromatic heterocycles. The minimum atomic E-state index is -4.17. The Morgan fingerprint density at radius 2 is 2.00 bits per heavy atom. The summed E-state index contributed by atoms with van der Waals surface area (Å²) >= 11 is 0. The second kappa shape index (κ2) is 4.89. The molecule has 0 atom stereocenters. The lowest BCUT2D eigenvalue weighted by molar-refractivity contribution is -0.134. The van der Waals surface area contributed by atoms with Crippen LogP contribution in [0.4, 0.5) is 0 Å². The maximum Gasteiger partial charge on any atom is 0.353 e. The number of rotatable bonds is 4. The summed E-state index contributed by atoms with van der Waals surface area (Å²) in [5, 5.41) is 14.1. The molecule has 20 heavy (non-hydrogen) atoms. The van der Waals surface area contributed by atoms with E-state index in [2.05, 4.69) is 0 Å². The van der Waals surface area contributed by atoms with Crippen LogP contribution in [0, 0.1) is 0 Å². The van der Waals surface area contributed by atoms with Crippen molar-refractivity contribution in [2.24, 2.45) is 10.9 Å². The summed E-state index contributed by atoms with van der Waals surface area (Å²) in [6, 6.07) is 1.39. The largest absolute Gasteiger partial charge is 0.477 e.